The standard InChI is InChI=1S/C10H15N3O2/c1-8(14)12-6-3-9(4-7-12)13-10(15)2-5-11-13/h5,9H,2-4,6-7H2,1H3. The molecule has 1 saturated heterocycles. The van der Waals surface area contributed by atoms with Crippen LogP contribution in [0.25, 0.3) is 0 Å². The highest BCUT2D eigenvalue weighted by Crippen LogP contribution is 2.19. The first-order valence-corrected chi connectivity index (χ1v) is 5.28. The van der Waals surface area contributed by atoms with Crippen LogP contribution in [0.15, 0.2) is 5.10 Å². The van der Waals surface area contributed by atoms with Gasteiger partial charge in [-0.15, -0.1) is 0 Å². The smallest absolute Gasteiger partial charge is 0.248 e. The third kappa shape index (κ3) is 2.00. The van der Waals surface area contributed by atoms with Crippen molar-refractivity contribution in [2.45, 2.75) is 32.2 Å². The second kappa shape index (κ2) is 4.00. The van der Waals surface area contributed by atoms with Crippen molar-refractivity contribution in [1.82, 2.24) is 9.91 Å². The summed E-state index contributed by atoms with van der Waals surface area (Å²) in [7, 11) is 0. The molecule has 5 nitrogen and oxygen atoms in total. The highest BCUT2D eigenvalue weighted by Gasteiger charge is 2.30. The molecular weight excluding hydrogens is 194 g/mol. The molecule has 0 unspecified atom stereocenters. The summed E-state index contributed by atoms with van der Waals surface area (Å²) in [4.78, 5) is 24.3. The molecule has 5 heteroatoms. The van der Waals surface area contributed by atoms with Crippen LogP contribution >= 0.6 is 0 Å². The lowest BCUT2D eigenvalue weighted by molar-refractivity contribution is -0.134. The van der Waals surface area contributed by atoms with Crippen LogP contribution < -0.4 is 0 Å². The van der Waals surface area contributed by atoms with E-state index in [4.69, 9.17) is 0 Å². The largest absolute Gasteiger partial charge is 0.343 e. The quantitative estimate of drug-likeness (QED) is 0.620. The predicted octanol–water partition coefficient (Wildman–Crippen LogP) is 0.215. The van der Waals surface area contributed by atoms with Gasteiger partial charge in [0.05, 0.1) is 12.5 Å². The number of carbonyl (C=O) groups is 2. The van der Waals surface area contributed by atoms with Crippen molar-refractivity contribution in [3.8, 4) is 0 Å². The van der Waals surface area contributed by atoms with Gasteiger partial charge in [0.1, 0.15) is 0 Å². The van der Waals surface area contributed by atoms with Crippen molar-refractivity contribution in [1.29, 1.82) is 0 Å². The molecule has 0 aromatic heterocycles. The maximum absolute atomic E-state index is 11.4. The molecule has 2 aliphatic heterocycles. The summed E-state index contributed by atoms with van der Waals surface area (Å²) in [5.74, 6) is 0.195. The van der Waals surface area contributed by atoms with Gasteiger partial charge in [-0.3, -0.25) is 9.59 Å². The first-order valence-electron chi connectivity index (χ1n) is 5.28. The molecule has 0 saturated carbocycles. The number of rotatable bonds is 1. The lowest BCUT2D eigenvalue weighted by Gasteiger charge is -2.34. The molecule has 0 spiro atoms. The first kappa shape index (κ1) is 10.1. The number of carbonyl (C=O) groups excluding carboxylic acids is 2. The summed E-state index contributed by atoms with van der Waals surface area (Å²) in [6, 6.07) is 0.187. The molecule has 1 fully saturated rings. The molecule has 2 amide bonds. The minimum Gasteiger partial charge on any atom is -0.343 e. The van der Waals surface area contributed by atoms with Gasteiger partial charge in [0.2, 0.25) is 11.8 Å². The van der Waals surface area contributed by atoms with Crippen LogP contribution in [0.3, 0.4) is 0 Å². The average Bonchev–Trinajstić information content (AvgIpc) is 2.65. The number of likely N-dealkylation sites (tertiary alicyclic amines) is 1. The number of hydrogen-bond donors (Lipinski definition) is 0. The number of hydrogen-bond acceptors (Lipinski definition) is 3. The van der Waals surface area contributed by atoms with E-state index in [1.54, 1.807) is 18.1 Å². The van der Waals surface area contributed by atoms with E-state index in [2.05, 4.69) is 5.10 Å². The van der Waals surface area contributed by atoms with Gasteiger partial charge >= 0.3 is 0 Å². The predicted molar refractivity (Wildman–Crippen MR) is 55.2 cm³/mol. The molecule has 0 radical (unpaired) electrons. The van der Waals surface area contributed by atoms with Gasteiger partial charge in [0.25, 0.3) is 0 Å². The Morgan fingerprint density at radius 1 is 1.47 bits per heavy atom. The summed E-state index contributed by atoms with van der Waals surface area (Å²) >= 11 is 0. The molecule has 15 heavy (non-hydrogen) atoms. The fourth-order valence-corrected chi connectivity index (χ4v) is 2.09. The highest BCUT2D eigenvalue weighted by molar-refractivity contribution is 5.94. The third-order valence-corrected chi connectivity index (χ3v) is 2.98. The topological polar surface area (TPSA) is 53.0 Å². The van der Waals surface area contributed by atoms with Gasteiger partial charge in [-0.2, -0.15) is 5.10 Å². The Bertz CT molecular complexity index is 306. The van der Waals surface area contributed by atoms with Gasteiger partial charge < -0.3 is 4.90 Å². The average molecular weight is 209 g/mol. The molecule has 2 heterocycles. The van der Waals surface area contributed by atoms with Crippen molar-refractivity contribution in [3.05, 3.63) is 0 Å². The Labute approximate surface area is 88.7 Å². The van der Waals surface area contributed by atoms with Crippen molar-refractivity contribution in [2.75, 3.05) is 13.1 Å². The maximum atomic E-state index is 11.4. The van der Waals surface area contributed by atoms with Crippen LogP contribution in [-0.4, -0.2) is 47.1 Å². The lowest BCUT2D eigenvalue weighted by Crippen LogP contribution is -2.45. The molecule has 0 bridgehead atoms. The van der Waals surface area contributed by atoms with Gasteiger partial charge in [0.15, 0.2) is 0 Å². The molecule has 0 atom stereocenters. The Balaban J connectivity index is 1.90. The minimum atomic E-state index is 0.0799. The summed E-state index contributed by atoms with van der Waals surface area (Å²) in [5.41, 5.74) is 0. The zero-order valence-corrected chi connectivity index (χ0v) is 8.85. The lowest BCUT2D eigenvalue weighted by atomic mass is 10.0. The van der Waals surface area contributed by atoms with Gasteiger partial charge in [0, 0.05) is 26.2 Å². The molecule has 0 N–H and O–H groups in total. The van der Waals surface area contributed by atoms with E-state index in [-0.39, 0.29) is 17.9 Å². The Morgan fingerprint density at radius 2 is 2.13 bits per heavy atom. The van der Waals surface area contributed by atoms with Crippen molar-refractivity contribution in [3.63, 3.8) is 0 Å². The van der Waals surface area contributed by atoms with Gasteiger partial charge in [-0.25, -0.2) is 5.01 Å². The van der Waals surface area contributed by atoms with E-state index in [0.29, 0.717) is 6.42 Å². The molecule has 0 aromatic carbocycles. The molecule has 2 rings (SSSR count). The monoisotopic (exact) mass is 209 g/mol. The summed E-state index contributed by atoms with van der Waals surface area (Å²) < 4.78 is 0. The summed E-state index contributed by atoms with van der Waals surface area (Å²) in [5, 5.41) is 5.65. The number of nitrogens with zero attached hydrogens (tertiary/aromatic N) is 3. The van der Waals surface area contributed by atoms with Crippen molar-refractivity contribution in [2.24, 2.45) is 5.10 Å². The minimum absolute atomic E-state index is 0.0799. The van der Waals surface area contributed by atoms with Gasteiger partial charge in [-0.1, -0.05) is 0 Å². The molecule has 0 aromatic rings. The normalized spacial score (nSPS) is 22.6. The van der Waals surface area contributed by atoms with Crippen LogP contribution in [0.4, 0.5) is 0 Å². The molecule has 0 aliphatic carbocycles. The molecule has 2 aliphatic rings. The van der Waals surface area contributed by atoms with Crippen LogP contribution in [0.1, 0.15) is 26.2 Å². The van der Waals surface area contributed by atoms with Crippen LogP contribution in [0, 0.1) is 0 Å². The molecular formula is C10H15N3O2. The zero-order valence-electron chi connectivity index (χ0n) is 8.85. The van der Waals surface area contributed by atoms with Crippen LogP contribution in [0.5, 0.6) is 0 Å². The van der Waals surface area contributed by atoms with Crippen molar-refractivity contribution < 1.29 is 9.59 Å². The van der Waals surface area contributed by atoms with Gasteiger partial charge in [-0.05, 0) is 12.8 Å². The number of piperidine rings is 1. The van der Waals surface area contributed by atoms with Crippen LogP contribution in [-0.2, 0) is 9.59 Å². The van der Waals surface area contributed by atoms with E-state index < -0.39 is 0 Å². The number of amides is 2. The fraction of sp³-hybridized carbons (Fsp3) is 0.700. The van der Waals surface area contributed by atoms with E-state index >= 15 is 0 Å². The molecule has 82 valence electrons. The maximum Gasteiger partial charge on any atom is 0.248 e. The van der Waals surface area contributed by atoms with E-state index in [1.165, 1.54) is 0 Å². The van der Waals surface area contributed by atoms with Crippen molar-refractivity contribution >= 4 is 18.0 Å². The van der Waals surface area contributed by atoms with E-state index in [0.717, 1.165) is 25.9 Å². The Hall–Kier alpha value is -1.39. The van der Waals surface area contributed by atoms with E-state index in [9.17, 15) is 9.59 Å². The summed E-state index contributed by atoms with van der Waals surface area (Å²) in [6.07, 6.45) is 3.75. The van der Waals surface area contributed by atoms with Crippen LogP contribution in [0.2, 0.25) is 0 Å². The Kier molecular flexibility index (Phi) is 2.70. The second-order valence-corrected chi connectivity index (χ2v) is 3.98. The second-order valence-electron chi connectivity index (χ2n) is 3.98. The first-order chi connectivity index (χ1) is 7.18. The summed E-state index contributed by atoms with van der Waals surface area (Å²) in [6.45, 7) is 3.05. The third-order valence-electron chi connectivity index (χ3n) is 2.98. The number of hydrazone groups is 1. The van der Waals surface area contributed by atoms with E-state index in [1.807, 2.05) is 4.90 Å². The SMILES string of the molecule is CC(=O)N1CCC(N2N=CCC2=O)CC1. The highest BCUT2D eigenvalue weighted by atomic mass is 16.2. The fourth-order valence-electron chi connectivity index (χ4n) is 2.09. The zero-order chi connectivity index (χ0) is 10.8. The Morgan fingerprint density at radius 3 is 2.60 bits per heavy atom.